The van der Waals surface area contributed by atoms with E-state index in [0.717, 1.165) is 31.9 Å². The maximum absolute atomic E-state index is 5.75. The molecular formula is C11H22N4O. The molecule has 2 aliphatic rings. The van der Waals surface area contributed by atoms with Gasteiger partial charge in [0.05, 0.1) is 12.1 Å². The van der Waals surface area contributed by atoms with Crippen molar-refractivity contribution in [1.82, 2.24) is 10.7 Å². The molecule has 2 rings (SSSR count). The number of rotatable bonds is 4. The zero-order valence-corrected chi connectivity index (χ0v) is 9.91. The predicted molar refractivity (Wildman–Crippen MR) is 63.9 cm³/mol. The number of guanidine groups is 1. The molecule has 5 heteroatoms. The topological polar surface area (TPSA) is 71.7 Å². The molecule has 0 aromatic heterocycles. The molecule has 16 heavy (non-hydrogen) atoms. The standard InChI is InChI=1S/C11H22N4O/c1-2-6-13-11(15-12)14-9-5-7-16-10(9)8-3-4-8/h8-10H,2-7,12H2,1H3,(H2,13,14,15). The van der Waals surface area contributed by atoms with Crippen LogP contribution in [0.5, 0.6) is 0 Å². The van der Waals surface area contributed by atoms with E-state index in [9.17, 15) is 0 Å². The molecule has 1 aliphatic heterocycles. The minimum Gasteiger partial charge on any atom is -0.376 e. The van der Waals surface area contributed by atoms with Crippen molar-refractivity contribution in [3.05, 3.63) is 0 Å². The van der Waals surface area contributed by atoms with E-state index >= 15 is 0 Å². The van der Waals surface area contributed by atoms with Gasteiger partial charge in [-0.3, -0.25) is 10.4 Å². The molecule has 0 bridgehead atoms. The van der Waals surface area contributed by atoms with Gasteiger partial charge < -0.3 is 10.1 Å². The summed E-state index contributed by atoms with van der Waals surface area (Å²) in [5.74, 6) is 6.90. The zero-order chi connectivity index (χ0) is 11.4. The molecule has 0 aromatic carbocycles. The van der Waals surface area contributed by atoms with Crippen molar-refractivity contribution in [1.29, 1.82) is 0 Å². The van der Waals surface area contributed by atoms with Gasteiger partial charge in [0.25, 0.3) is 0 Å². The monoisotopic (exact) mass is 226 g/mol. The number of nitrogens with one attached hydrogen (secondary N) is 2. The van der Waals surface area contributed by atoms with Crippen LogP contribution in [0.25, 0.3) is 0 Å². The van der Waals surface area contributed by atoms with Gasteiger partial charge in [-0.25, -0.2) is 5.84 Å². The van der Waals surface area contributed by atoms with Crippen LogP contribution in [-0.2, 0) is 4.74 Å². The van der Waals surface area contributed by atoms with Gasteiger partial charge in [0, 0.05) is 13.2 Å². The van der Waals surface area contributed by atoms with Crippen molar-refractivity contribution in [2.45, 2.75) is 44.8 Å². The highest BCUT2D eigenvalue weighted by atomic mass is 16.5. The van der Waals surface area contributed by atoms with Crippen molar-refractivity contribution < 1.29 is 4.74 Å². The van der Waals surface area contributed by atoms with Crippen LogP contribution >= 0.6 is 0 Å². The van der Waals surface area contributed by atoms with E-state index in [1.54, 1.807) is 0 Å². The number of ether oxygens (including phenoxy) is 1. The van der Waals surface area contributed by atoms with Gasteiger partial charge >= 0.3 is 0 Å². The average Bonchev–Trinajstić information content (AvgIpc) is 3.05. The van der Waals surface area contributed by atoms with Gasteiger partial charge in [0.2, 0.25) is 5.96 Å². The predicted octanol–water partition coefficient (Wildman–Crippen LogP) is 0.373. The highest BCUT2D eigenvalue weighted by molar-refractivity contribution is 5.79. The third-order valence-corrected chi connectivity index (χ3v) is 3.17. The van der Waals surface area contributed by atoms with Gasteiger partial charge in [-0.1, -0.05) is 6.92 Å². The van der Waals surface area contributed by atoms with E-state index < -0.39 is 0 Å². The molecule has 1 aliphatic carbocycles. The minimum atomic E-state index is 0.361. The molecular weight excluding hydrogens is 204 g/mol. The molecule has 1 saturated heterocycles. The first-order chi connectivity index (χ1) is 7.85. The lowest BCUT2D eigenvalue weighted by molar-refractivity contribution is 0.0841. The smallest absolute Gasteiger partial charge is 0.206 e. The molecule has 2 fully saturated rings. The Hall–Kier alpha value is -0.810. The normalized spacial score (nSPS) is 30.5. The zero-order valence-electron chi connectivity index (χ0n) is 9.91. The largest absolute Gasteiger partial charge is 0.376 e. The van der Waals surface area contributed by atoms with Gasteiger partial charge in [-0.05, 0) is 31.6 Å². The summed E-state index contributed by atoms with van der Waals surface area (Å²) < 4.78 is 5.75. The second kappa shape index (κ2) is 5.50. The third kappa shape index (κ3) is 2.86. The van der Waals surface area contributed by atoms with Gasteiger partial charge in [-0.2, -0.15) is 0 Å². The van der Waals surface area contributed by atoms with E-state index in [4.69, 9.17) is 10.6 Å². The Bertz CT molecular complexity index is 252. The van der Waals surface area contributed by atoms with Crippen LogP contribution < -0.4 is 16.6 Å². The second-order valence-electron chi connectivity index (χ2n) is 4.59. The van der Waals surface area contributed by atoms with Gasteiger partial charge in [-0.15, -0.1) is 0 Å². The quantitative estimate of drug-likeness (QED) is 0.280. The van der Waals surface area contributed by atoms with Crippen LogP contribution in [0.15, 0.2) is 4.99 Å². The van der Waals surface area contributed by atoms with Crippen molar-refractivity contribution in [2.75, 3.05) is 13.2 Å². The molecule has 0 aromatic rings. The summed E-state index contributed by atoms with van der Waals surface area (Å²) in [6.07, 6.45) is 5.05. The Kier molecular flexibility index (Phi) is 4.01. The number of hydrazine groups is 1. The summed E-state index contributed by atoms with van der Waals surface area (Å²) >= 11 is 0. The van der Waals surface area contributed by atoms with E-state index in [1.165, 1.54) is 12.8 Å². The van der Waals surface area contributed by atoms with E-state index in [1.807, 2.05) is 0 Å². The van der Waals surface area contributed by atoms with Crippen LogP contribution in [0.4, 0.5) is 0 Å². The number of nitrogens with zero attached hydrogens (tertiary/aromatic N) is 1. The molecule has 2 unspecified atom stereocenters. The fraction of sp³-hybridized carbons (Fsp3) is 0.909. The Labute approximate surface area is 96.8 Å². The van der Waals surface area contributed by atoms with Gasteiger partial charge in [0.15, 0.2) is 0 Å². The Morgan fingerprint density at radius 1 is 1.44 bits per heavy atom. The summed E-state index contributed by atoms with van der Waals surface area (Å²) in [5.41, 5.74) is 2.63. The van der Waals surface area contributed by atoms with Crippen LogP contribution in [0.1, 0.15) is 32.6 Å². The molecule has 0 radical (unpaired) electrons. The lowest BCUT2D eigenvalue weighted by atomic mass is 10.1. The first-order valence-corrected chi connectivity index (χ1v) is 6.24. The molecule has 2 atom stereocenters. The maximum atomic E-state index is 5.75. The third-order valence-electron chi connectivity index (χ3n) is 3.17. The highest BCUT2D eigenvalue weighted by Gasteiger charge is 2.40. The number of hydrogen-bond acceptors (Lipinski definition) is 3. The van der Waals surface area contributed by atoms with Crippen LogP contribution in [0, 0.1) is 5.92 Å². The van der Waals surface area contributed by atoms with Crippen LogP contribution in [-0.4, -0.2) is 31.3 Å². The molecule has 0 spiro atoms. The number of hydrogen-bond donors (Lipinski definition) is 3. The molecule has 5 nitrogen and oxygen atoms in total. The van der Waals surface area contributed by atoms with E-state index in [-0.39, 0.29) is 0 Å². The van der Waals surface area contributed by atoms with Crippen molar-refractivity contribution in [3.63, 3.8) is 0 Å². The summed E-state index contributed by atoms with van der Waals surface area (Å²) in [4.78, 5) is 4.35. The van der Waals surface area contributed by atoms with Crippen molar-refractivity contribution >= 4 is 5.96 Å². The lowest BCUT2D eigenvalue weighted by Gasteiger charge is -2.21. The number of aliphatic imine (C=N–C) groups is 1. The summed E-state index contributed by atoms with van der Waals surface area (Å²) in [5, 5.41) is 3.36. The van der Waals surface area contributed by atoms with Crippen LogP contribution in [0.2, 0.25) is 0 Å². The summed E-state index contributed by atoms with van der Waals surface area (Å²) in [7, 11) is 0. The first kappa shape index (κ1) is 11.7. The maximum Gasteiger partial charge on any atom is 0.206 e. The molecule has 4 N–H and O–H groups in total. The molecule has 1 heterocycles. The SMILES string of the molecule is CCCN=C(NN)NC1CCOC1C1CC1. The molecule has 0 amide bonds. The Morgan fingerprint density at radius 2 is 2.25 bits per heavy atom. The Morgan fingerprint density at radius 3 is 2.88 bits per heavy atom. The Balaban J connectivity index is 1.86. The van der Waals surface area contributed by atoms with E-state index in [0.29, 0.717) is 18.1 Å². The molecule has 1 saturated carbocycles. The minimum absolute atomic E-state index is 0.361. The fourth-order valence-corrected chi connectivity index (χ4v) is 2.19. The fourth-order valence-electron chi connectivity index (χ4n) is 2.19. The summed E-state index contributed by atoms with van der Waals surface area (Å²) in [6.45, 7) is 3.75. The first-order valence-electron chi connectivity index (χ1n) is 6.24. The average molecular weight is 226 g/mol. The summed E-state index contributed by atoms with van der Waals surface area (Å²) in [6, 6.07) is 0.374. The second-order valence-corrected chi connectivity index (χ2v) is 4.59. The van der Waals surface area contributed by atoms with Crippen LogP contribution in [0.3, 0.4) is 0 Å². The van der Waals surface area contributed by atoms with Crippen molar-refractivity contribution in [2.24, 2.45) is 16.8 Å². The highest BCUT2D eigenvalue weighted by Crippen LogP contribution is 2.38. The molecule has 92 valence electrons. The lowest BCUT2D eigenvalue weighted by Crippen LogP contribution is -2.49. The van der Waals surface area contributed by atoms with E-state index in [2.05, 4.69) is 22.7 Å². The van der Waals surface area contributed by atoms with Crippen molar-refractivity contribution in [3.8, 4) is 0 Å². The number of nitrogens with two attached hydrogens (primary N) is 1. The van der Waals surface area contributed by atoms with Gasteiger partial charge in [0.1, 0.15) is 0 Å².